The van der Waals surface area contributed by atoms with Crippen molar-refractivity contribution < 1.29 is 9.53 Å². The minimum Gasteiger partial charge on any atom is -0.381 e. The van der Waals surface area contributed by atoms with Gasteiger partial charge < -0.3 is 10.1 Å². The molecule has 2 aliphatic rings. The van der Waals surface area contributed by atoms with Crippen LogP contribution in [0, 0.1) is 6.92 Å². The summed E-state index contributed by atoms with van der Waals surface area (Å²) in [6, 6.07) is 6.10. The topological polar surface area (TPSA) is 81.9 Å². The predicted octanol–water partition coefficient (Wildman–Crippen LogP) is 2.91. The lowest BCUT2D eigenvalue weighted by Gasteiger charge is -2.21. The molecule has 7 heteroatoms. The molecular weight excluding hydrogens is 354 g/mol. The number of carbonyl (C=O) groups is 1. The van der Waals surface area contributed by atoms with E-state index in [2.05, 4.69) is 20.3 Å². The number of fused-ring (bicyclic) bond motifs is 1. The van der Waals surface area contributed by atoms with Gasteiger partial charge in [0.25, 0.3) is 5.91 Å². The molecule has 0 unspecified atom stereocenters. The Kier molecular flexibility index (Phi) is 4.31. The summed E-state index contributed by atoms with van der Waals surface area (Å²) in [5, 5.41) is 3.05. The highest BCUT2D eigenvalue weighted by molar-refractivity contribution is 5.95. The summed E-state index contributed by atoms with van der Waals surface area (Å²) in [6.45, 7) is 3.55. The van der Waals surface area contributed by atoms with Gasteiger partial charge in [-0.1, -0.05) is 6.07 Å². The maximum atomic E-state index is 12.5. The van der Waals surface area contributed by atoms with Crippen LogP contribution in [-0.4, -0.2) is 44.7 Å². The van der Waals surface area contributed by atoms with Crippen LogP contribution in [0.3, 0.4) is 0 Å². The highest BCUT2D eigenvalue weighted by Crippen LogP contribution is 2.30. The molecule has 5 rings (SSSR count). The van der Waals surface area contributed by atoms with E-state index in [0.29, 0.717) is 17.5 Å². The minimum atomic E-state index is -0.0225. The van der Waals surface area contributed by atoms with Gasteiger partial charge in [0.15, 0.2) is 5.65 Å². The molecule has 3 heterocycles. The summed E-state index contributed by atoms with van der Waals surface area (Å²) < 4.78 is 7.45. The first kappa shape index (κ1) is 17.3. The molecular formula is C21H23N5O2. The molecule has 0 bridgehead atoms. The van der Waals surface area contributed by atoms with E-state index in [0.717, 1.165) is 67.0 Å². The number of nitrogens with one attached hydrogen (secondary N) is 1. The van der Waals surface area contributed by atoms with Crippen LogP contribution in [0.5, 0.6) is 0 Å². The summed E-state index contributed by atoms with van der Waals surface area (Å²) in [4.78, 5) is 26.2. The fraction of sp³-hybridized carbons (Fsp3) is 0.429. The summed E-state index contributed by atoms with van der Waals surface area (Å²) in [6.07, 6.45) is 7.45. The zero-order valence-electron chi connectivity index (χ0n) is 15.9. The fourth-order valence-electron chi connectivity index (χ4n) is 3.81. The molecule has 28 heavy (non-hydrogen) atoms. The number of aryl methyl sites for hydroxylation is 1. The number of carbonyl (C=O) groups excluding carboxylic acids is 1. The van der Waals surface area contributed by atoms with Crippen molar-refractivity contribution in [3.05, 3.63) is 47.7 Å². The van der Waals surface area contributed by atoms with Crippen molar-refractivity contribution >= 4 is 17.1 Å². The normalized spacial score (nSPS) is 17.8. The third kappa shape index (κ3) is 3.16. The average molecular weight is 377 g/mol. The Bertz CT molecular complexity index is 1030. The van der Waals surface area contributed by atoms with E-state index in [-0.39, 0.29) is 5.91 Å². The van der Waals surface area contributed by atoms with Crippen LogP contribution in [0.4, 0.5) is 0 Å². The smallest absolute Gasteiger partial charge is 0.251 e. The monoisotopic (exact) mass is 377 g/mol. The van der Waals surface area contributed by atoms with E-state index >= 15 is 0 Å². The highest BCUT2D eigenvalue weighted by Gasteiger charge is 2.25. The van der Waals surface area contributed by atoms with E-state index < -0.39 is 0 Å². The first-order valence-electron chi connectivity index (χ1n) is 9.88. The minimum absolute atomic E-state index is 0.0225. The Balaban J connectivity index is 1.55. The zero-order chi connectivity index (χ0) is 19.1. The molecule has 3 aromatic rings. The van der Waals surface area contributed by atoms with Gasteiger partial charge in [0.1, 0.15) is 18.2 Å². The molecule has 1 saturated carbocycles. The number of imidazole rings is 1. The quantitative estimate of drug-likeness (QED) is 0.756. The van der Waals surface area contributed by atoms with Crippen molar-refractivity contribution in [1.29, 1.82) is 0 Å². The molecule has 1 saturated heterocycles. The standard InChI is InChI=1S/C21H23N5O2/c1-13-2-3-15(21(27)25-16-4-5-16)10-17(13)26-12-24-19-18(22-11-23-20(19)26)14-6-8-28-9-7-14/h2-3,10-12,14,16H,4-9H2,1H3,(H,25,27). The van der Waals surface area contributed by atoms with E-state index in [1.165, 1.54) is 0 Å². The summed E-state index contributed by atoms with van der Waals surface area (Å²) >= 11 is 0. The van der Waals surface area contributed by atoms with Crippen molar-refractivity contribution in [3.8, 4) is 5.69 Å². The van der Waals surface area contributed by atoms with Crippen LogP contribution >= 0.6 is 0 Å². The van der Waals surface area contributed by atoms with E-state index in [1.54, 1.807) is 12.7 Å². The van der Waals surface area contributed by atoms with Gasteiger partial charge in [0.05, 0.1) is 11.4 Å². The van der Waals surface area contributed by atoms with Gasteiger partial charge >= 0.3 is 0 Å². The molecule has 1 N–H and O–H groups in total. The fourth-order valence-corrected chi connectivity index (χ4v) is 3.81. The third-order valence-corrected chi connectivity index (χ3v) is 5.61. The first-order chi connectivity index (χ1) is 13.7. The number of rotatable bonds is 4. The summed E-state index contributed by atoms with van der Waals surface area (Å²) in [5.41, 5.74) is 5.25. The number of benzene rings is 1. The van der Waals surface area contributed by atoms with Gasteiger partial charge in [0.2, 0.25) is 0 Å². The maximum absolute atomic E-state index is 12.5. The van der Waals surface area contributed by atoms with Crippen LogP contribution in [0.1, 0.15) is 53.2 Å². The number of aromatic nitrogens is 4. The molecule has 2 fully saturated rings. The van der Waals surface area contributed by atoms with Crippen LogP contribution in [0.15, 0.2) is 30.9 Å². The Morgan fingerprint density at radius 1 is 1.14 bits per heavy atom. The molecule has 144 valence electrons. The van der Waals surface area contributed by atoms with Gasteiger partial charge in [-0.25, -0.2) is 15.0 Å². The molecule has 7 nitrogen and oxygen atoms in total. The Labute approximate surface area is 163 Å². The van der Waals surface area contributed by atoms with Gasteiger partial charge in [-0.2, -0.15) is 0 Å². The molecule has 1 aliphatic carbocycles. The molecule has 0 spiro atoms. The van der Waals surface area contributed by atoms with Crippen molar-refractivity contribution in [2.24, 2.45) is 0 Å². The second kappa shape index (κ2) is 6.98. The third-order valence-electron chi connectivity index (χ3n) is 5.61. The molecule has 0 atom stereocenters. The van der Waals surface area contributed by atoms with Crippen molar-refractivity contribution in [2.75, 3.05) is 13.2 Å². The van der Waals surface area contributed by atoms with E-state index in [1.807, 2.05) is 29.7 Å². The Morgan fingerprint density at radius 2 is 1.96 bits per heavy atom. The molecule has 0 radical (unpaired) electrons. The molecule has 1 aliphatic heterocycles. The van der Waals surface area contributed by atoms with Crippen LogP contribution < -0.4 is 5.32 Å². The maximum Gasteiger partial charge on any atom is 0.251 e. The second-order valence-electron chi connectivity index (χ2n) is 7.68. The van der Waals surface area contributed by atoms with Gasteiger partial charge in [0, 0.05) is 30.7 Å². The number of hydrogen-bond acceptors (Lipinski definition) is 5. The number of hydrogen-bond donors (Lipinski definition) is 1. The van der Waals surface area contributed by atoms with Crippen molar-refractivity contribution in [2.45, 2.75) is 44.6 Å². The molecule has 1 aromatic carbocycles. The largest absolute Gasteiger partial charge is 0.381 e. The Hall–Kier alpha value is -2.80. The SMILES string of the molecule is Cc1ccc(C(=O)NC2CC2)cc1-n1cnc2c(C3CCOCC3)ncnc21. The lowest BCUT2D eigenvalue weighted by molar-refractivity contribution is 0.0847. The predicted molar refractivity (Wildman–Crippen MR) is 105 cm³/mol. The van der Waals surface area contributed by atoms with Gasteiger partial charge in [-0.3, -0.25) is 9.36 Å². The van der Waals surface area contributed by atoms with Gasteiger partial charge in [-0.05, 0) is 50.3 Å². The van der Waals surface area contributed by atoms with Crippen LogP contribution in [0.2, 0.25) is 0 Å². The first-order valence-corrected chi connectivity index (χ1v) is 9.88. The Morgan fingerprint density at radius 3 is 2.75 bits per heavy atom. The van der Waals surface area contributed by atoms with Crippen molar-refractivity contribution in [1.82, 2.24) is 24.8 Å². The van der Waals surface area contributed by atoms with E-state index in [9.17, 15) is 4.79 Å². The number of ether oxygens (including phenoxy) is 1. The highest BCUT2D eigenvalue weighted by atomic mass is 16.5. The second-order valence-corrected chi connectivity index (χ2v) is 7.68. The van der Waals surface area contributed by atoms with Crippen LogP contribution in [0.25, 0.3) is 16.9 Å². The zero-order valence-corrected chi connectivity index (χ0v) is 15.9. The average Bonchev–Trinajstić information content (AvgIpc) is 3.44. The lowest BCUT2D eigenvalue weighted by atomic mass is 9.95. The summed E-state index contributed by atoms with van der Waals surface area (Å²) in [5.74, 6) is 0.324. The van der Waals surface area contributed by atoms with Crippen molar-refractivity contribution in [3.63, 3.8) is 0 Å². The lowest BCUT2D eigenvalue weighted by Crippen LogP contribution is -2.25. The summed E-state index contributed by atoms with van der Waals surface area (Å²) in [7, 11) is 0. The molecule has 2 aromatic heterocycles. The number of nitrogens with zero attached hydrogens (tertiary/aromatic N) is 4. The number of amides is 1. The van der Waals surface area contributed by atoms with Crippen LogP contribution in [-0.2, 0) is 4.74 Å². The van der Waals surface area contributed by atoms with E-state index in [4.69, 9.17) is 4.74 Å². The molecule has 1 amide bonds. The van der Waals surface area contributed by atoms with Gasteiger partial charge in [-0.15, -0.1) is 0 Å².